The first-order valence-electron chi connectivity index (χ1n) is 11.8. The third kappa shape index (κ3) is 6.91. The molecule has 1 aliphatic rings. The molecule has 0 radical (unpaired) electrons. The molecule has 0 spiro atoms. The Morgan fingerprint density at radius 2 is 1.87 bits per heavy atom. The van der Waals surface area contributed by atoms with Crippen LogP contribution in [0.15, 0.2) is 60.8 Å². The molecule has 12 heteroatoms. The maximum atomic E-state index is 13.6. The van der Waals surface area contributed by atoms with Gasteiger partial charge in [0, 0.05) is 31.0 Å². The van der Waals surface area contributed by atoms with Gasteiger partial charge in [-0.15, -0.1) is 0 Å². The van der Waals surface area contributed by atoms with Gasteiger partial charge in [0.15, 0.2) is 5.75 Å². The number of ether oxygens (including phenoxy) is 2. The minimum absolute atomic E-state index is 0.0486. The normalized spacial score (nSPS) is 15.0. The molecule has 3 aromatic rings. The number of rotatable bonds is 8. The molecule has 0 bridgehead atoms. The summed E-state index contributed by atoms with van der Waals surface area (Å²) in [5, 5.41) is 10.7. The lowest BCUT2D eigenvalue weighted by Crippen LogP contribution is -2.29. The Balaban J connectivity index is 1.41. The van der Waals surface area contributed by atoms with Crippen LogP contribution in [0.3, 0.4) is 0 Å². The van der Waals surface area contributed by atoms with Crippen molar-refractivity contribution in [1.29, 1.82) is 0 Å². The molecule has 0 aliphatic carbocycles. The molecule has 1 atom stereocenters. The van der Waals surface area contributed by atoms with Crippen molar-refractivity contribution in [3.05, 3.63) is 72.1 Å². The number of amides is 3. The van der Waals surface area contributed by atoms with Crippen LogP contribution >= 0.6 is 0 Å². The van der Waals surface area contributed by atoms with Gasteiger partial charge in [0.2, 0.25) is 0 Å². The van der Waals surface area contributed by atoms with Crippen molar-refractivity contribution >= 4 is 23.3 Å². The van der Waals surface area contributed by atoms with E-state index in [1.807, 2.05) is 0 Å². The van der Waals surface area contributed by atoms with Crippen molar-refractivity contribution in [2.45, 2.75) is 25.1 Å². The summed E-state index contributed by atoms with van der Waals surface area (Å²) in [6, 6.07) is 12.0. The lowest BCUT2D eigenvalue weighted by molar-refractivity contribution is -0.138. The summed E-state index contributed by atoms with van der Waals surface area (Å²) in [5.41, 5.74) is -0.497. The number of anilines is 2. The summed E-state index contributed by atoms with van der Waals surface area (Å²) in [4.78, 5) is 28.3. The monoisotopic (exact) mass is 529 g/mol. The van der Waals surface area contributed by atoms with E-state index in [0.717, 1.165) is 25.5 Å². The molecule has 4 rings (SSSR count). The molecule has 2 aromatic carbocycles. The maximum Gasteiger partial charge on any atom is 0.420 e. The second-order valence-corrected chi connectivity index (χ2v) is 8.45. The fourth-order valence-electron chi connectivity index (χ4n) is 3.85. The number of nitrogens with one attached hydrogen (secondary N) is 4. The molecule has 38 heavy (non-hydrogen) atoms. The molecule has 9 nitrogen and oxygen atoms in total. The van der Waals surface area contributed by atoms with Gasteiger partial charge in [-0.2, -0.15) is 13.2 Å². The predicted molar refractivity (Wildman–Crippen MR) is 135 cm³/mol. The van der Waals surface area contributed by atoms with Gasteiger partial charge in [-0.25, -0.2) is 4.79 Å². The SMILES string of the molecule is CNC(=O)c1cc(Oc2ccc(NC(=O)Nc3cccc(C(F)(F)F)c3OCC3CCCN3)cc2)ccn1. The molecule has 4 N–H and O–H groups in total. The fourth-order valence-corrected chi connectivity index (χ4v) is 3.85. The summed E-state index contributed by atoms with van der Waals surface area (Å²) in [5.74, 6) is 0.0349. The third-order valence-electron chi connectivity index (χ3n) is 5.70. The lowest BCUT2D eigenvalue weighted by Gasteiger charge is -2.20. The molecule has 1 fully saturated rings. The van der Waals surface area contributed by atoms with Gasteiger partial charge < -0.3 is 30.7 Å². The highest BCUT2D eigenvalue weighted by Gasteiger charge is 2.36. The van der Waals surface area contributed by atoms with Crippen molar-refractivity contribution in [3.63, 3.8) is 0 Å². The number of halogens is 3. The highest BCUT2D eigenvalue weighted by Crippen LogP contribution is 2.40. The minimum Gasteiger partial charge on any atom is -0.489 e. The van der Waals surface area contributed by atoms with E-state index in [-0.39, 0.29) is 29.9 Å². The number of hydrogen-bond acceptors (Lipinski definition) is 6. The summed E-state index contributed by atoms with van der Waals surface area (Å²) < 4.78 is 52.2. The summed E-state index contributed by atoms with van der Waals surface area (Å²) in [6.45, 7) is 0.832. The average Bonchev–Trinajstić information content (AvgIpc) is 3.42. The number of aromatic nitrogens is 1. The van der Waals surface area contributed by atoms with E-state index < -0.39 is 23.5 Å². The summed E-state index contributed by atoms with van der Waals surface area (Å²) in [7, 11) is 1.49. The highest BCUT2D eigenvalue weighted by atomic mass is 19.4. The zero-order valence-electron chi connectivity index (χ0n) is 20.4. The predicted octanol–water partition coefficient (Wildman–Crippen LogP) is 5.03. The number of urea groups is 1. The van der Waals surface area contributed by atoms with Crippen LogP contribution in [-0.4, -0.2) is 43.2 Å². The van der Waals surface area contributed by atoms with Gasteiger partial charge >= 0.3 is 12.2 Å². The molecule has 2 heterocycles. The first-order valence-corrected chi connectivity index (χ1v) is 11.8. The van der Waals surface area contributed by atoms with Crippen LogP contribution in [-0.2, 0) is 6.18 Å². The van der Waals surface area contributed by atoms with Crippen molar-refractivity contribution in [3.8, 4) is 17.2 Å². The van der Waals surface area contributed by atoms with Crippen LogP contribution in [0.4, 0.5) is 29.3 Å². The van der Waals surface area contributed by atoms with Crippen LogP contribution in [0.2, 0.25) is 0 Å². The second kappa shape index (κ2) is 11.8. The van der Waals surface area contributed by atoms with Gasteiger partial charge in [-0.3, -0.25) is 9.78 Å². The number of alkyl halides is 3. The average molecular weight is 530 g/mol. The van der Waals surface area contributed by atoms with Crippen molar-refractivity contribution in [1.82, 2.24) is 15.6 Å². The van der Waals surface area contributed by atoms with E-state index in [0.29, 0.717) is 17.2 Å². The van der Waals surface area contributed by atoms with Crippen molar-refractivity contribution in [2.24, 2.45) is 0 Å². The Bertz CT molecular complexity index is 1280. The Kier molecular flexibility index (Phi) is 8.31. The molecule has 0 saturated carbocycles. The summed E-state index contributed by atoms with van der Waals surface area (Å²) >= 11 is 0. The van der Waals surface area contributed by atoms with Gasteiger partial charge in [-0.05, 0) is 61.9 Å². The van der Waals surface area contributed by atoms with Crippen LogP contribution in [0.25, 0.3) is 0 Å². The number of pyridine rings is 1. The Morgan fingerprint density at radius 1 is 1.08 bits per heavy atom. The molecule has 3 amide bonds. The van der Waals surface area contributed by atoms with Gasteiger partial charge in [-0.1, -0.05) is 6.07 Å². The largest absolute Gasteiger partial charge is 0.489 e. The highest BCUT2D eigenvalue weighted by molar-refractivity contribution is 6.00. The van der Waals surface area contributed by atoms with Gasteiger partial charge in [0.25, 0.3) is 5.91 Å². The van der Waals surface area contributed by atoms with Crippen LogP contribution in [0.1, 0.15) is 28.9 Å². The van der Waals surface area contributed by atoms with Crippen LogP contribution < -0.4 is 30.7 Å². The first kappa shape index (κ1) is 26.7. The zero-order valence-corrected chi connectivity index (χ0v) is 20.4. The Morgan fingerprint density at radius 3 is 2.55 bits per heavy atom. The standard InChI is InChI=1S/C26H26F3N5O4/c1-30-24(35)22-14-19(11-13-32-22)38-18-9-7-16(8-10-18)33-25(36)34-21-6-2-5-20(26(27,28)29)23(21)37-15-17-4-3-12-31-17/h2,5-11,13-14,17,31H,3-4,12,15H2,1H3,(H,30,35)(H2,33,34,36). The second-order valence-electron chi connectivity index (χ2n) is 8.45. The first-order chi connectivity index (χ1) is 18.2. The lowest BCUT2D eigenvalue weighted by atomic mass is 10.1. The van der Waals surface area contributed by atoms with E-state index in [4.69, 9.17) is 9.47 Å². The Labute approximate surface area is 216 Å². The topological polar surface area (TPSA) is 114 Å². The fraction of sp³-hybridized carbons (Fsp3) is 0.269. The number of carbonyl (C=O) groups excluding carboxylic acids is 2. The number of nitrogens with zero attached hydrogens (tertiary/aromatic N) is 1. The zero-order chi connectivity index (χ0) is 27.1. The van der Waals surface area contributed by atoms with E-state index >= 15 is 0 Å². The third-order valence-corrected chi connectivity index (χ3v) is 5.70. The maximum absolute atomic E-state index is 13.6. The molecular formula is C26H26F3N5O4. The van der Waals surface area contributed by atoms with Gasteiger partial charge in [0.1, 0.15) is 23.8 Å². The van der Waals surface area contributed by atoms with E-state index in [9.17, 15) is 22.8 Å². The molecular weight excluding hydrogens is 503 g/mol. The van der Waals surface area contributed by atoms with Crippen molar-refractivity contribution < 1.29 is 32.2 Å². The smallest absolute Gasteiger partial charge is 0.420 e. The van der Waals surface area contributed by atoms with Crippen LogP contribution in [0.5, 0.6) is 17.2 Å². The van der Waals surface area contributed by atoms with E-state index in [1.54, 1.807) is 30.3 Å². The number of para-hydroxylation sites is 1. The van der Waals surface area contributed by atoms with E-state index in [2.05, 4.69) is 26.3 Å². The number of hydrogen-bond donors (Lipinski definition) is 4. The number of benzene rings is 2. The molecule has 1 unspecified atom stereocenters. The summed E-state index contributed by atoms with van der Waals surface area (Å²) in [6.07, 6.45) is -1.49. The molecule has 1 aliphatic heterocycles. The molecule has 1 aromatic heterocycles. The van der Waals surface area contributed by atoms with Crippen LogP contribution in [0, 0.1) is 0 Å². The molecule has 200 valence electrons. The quantitative estimate of drug-likeness (QED) is 0.326. The Hall–Kier alpha value is -4.32. The van der Waals surface area contributed by atoms with E-state index in [1.165, 1.54) is 31.4 Å². The van der Waals surface area contributed by atoms with Gasteiger partial charge in [0.05, 0.1) is 11.3 Å². The van der Waals surface area contributed by atoms with Crippen molar-refractivity contribution in [2.75, 3.05) is 30.8 Å². The minimum atomic E-state index is -4.65. The number of carbonyl (C=O) groups is 2. The molecule has 1 saturated heterocycles.